The van der Waals surface area contributed by atoms with Crippen molar-refractivity contribution in [3.05, 3.63) is 59.5 Å². The minimum absolute atomic E-state index is 0.0205. The van der Waals surface area contributed by atoms with Gasteiger partial charge in [-0.3, -0.25) is 9.59 Å². The minimum Gasteiger partial charge on any atom is -0.469 e. The molecular weight excluding hydrogens is 280 g/mol. The fraction of sp³-hybridized carbons (Fsp3) is 0.294. The number of carbonyl (C=O) groups is 2. The van der Waals surface area contributed by atoms with Gasteiger partial charge in [-0.15, -0.1) is 0 Å². The zero-order valence-corrected chi connectivity index (χ0v) is 12.5. The van der Waals surface area contributed by atoms with E-state index in [2.05, 4.69) is 0 Å². The molecule has 0 aliphatic carbocycles. The normalized spacial score (nSPS) is 15.0. The monoisotopic (exact) mass is 298 g/mol. The lowest BCUT2D eigenvalue weighted by Gasteiger charge is -2.34. The number of rotatable bonds is 2. The van der Waals surface area contributed by atoms with Crippen LogP contribution in [0.2, 0.25) is 0 Å². The van der Waals surface area contributed by atoms with Gasteiger partial charge in [0.05, 0.1) is 11.8 Å². The van der Waals surface area contributed by atoms with Crippen molar-refractivity contribution in [1.29, 1.82) is 0 Å². The fourth-order valence-corrected chi connectivity index (χ4v) is 2.65. The van der Waals surface area contributed by atoms with Gasteiger partial charge < -0.3 is 14.2 Å². The second-order valence-corrected chi connectivity index (χ2v) is 5.34. The van der Waals surface area contributed by atoms with Gasteiger partial charge in [0.2, 0.25) is 0 Å². The SMILES string of the molecule is Cc1occc1C(=O)N1CCN(C(=O)c2ccccc2)CC1. The summed E-state index contributed by atoms with van der Waals surface area (Å²) in [4.78, 5) is 28.3. The molecule has 0 saturated carbocycles. The highest BCUT2D eigenvalue weighted by Crippen LogP contribution is 2.15. The Morgan fingerprint density at radius 1 is 0.909 bits per heavy atom. The maximum Gasteiger partial charge on any atom is 0.257 e. The van der Waals surface area contributed by atoms with Crippen LogP contribution in [-0.4, -0.2) is 47.8 Å². The van der Waals surface area contributed by atoms with Crippen LogP contribution in [0.1, 0.15) is 26.5 Å². The Hall–Kier alpha value is -2.56. The van der Waals surface area contributed by atoms with Gasteiger partial charge in [-0.2, -0.15) is 0 Å². The molecule has 0 spiro atoms. The Kier molecular flexibility index (Phi) is 3.96. The maximum atomic E-state index is 12.4. The second-order valence-electron chi connectivity index (χ2n) is 5.34. The molecule has 1 aliphatic heterocycles. The summed E-state index contributed by atoms with van der Waals surface area (Å²) >= 11 is 0. The molecule has 2 amide bonds. The topological polar surface area (TPSA) is 53.8 Å². The molecule has 5 heteroatoms. The van der Waals surface area contributed by atoms with Crippen LogP contribution in [0.3, 0.4) is 0 Å². The number of hydrogen-bond donors (Lipinski definition) is 0. The smallest absolute Gasteiger partial charge is 0.257 e. The van der Waals surface area contributed by atoms with Crippen LogP contribution in [0.25, 0.3) is 0 Å². The van der Waals surface area contributed by atoms with Gasteiger partial charge in [-0.05, 0) is 25.1 Å². The van der Waals surface area contributed by atoms with Crippen LogP contribution < -0.4 is 0 Å². The van der Waals surface area contributed by atoms with Crippen LogP contribution in [0.15, 0.2) is 47.1 Å². The van der Waals surface area contributed by atoms with Crippen molar-refractivity contribution in [2.75, 3.05) is 26.2 Å². The molecule has 1 saturated heterocycles. The van der Waals surface area contributed by atoms with Gasteiger partial charge in [0.1, 0.15) is 5.76 Å². The number of carbonyl (C=O) groups excluding carboxylic acids is 2. The summed E-state index contributed by atoms with van der Waals surface area (Å²) in [7, 11) is 0. The number of benzene rings is 1. The summed E-state index contributed by atoms with van der Waals surface area (Å²) in [5, 5.41) is 0. The van der Waals surface area contributed by atoms with E-state index in [-0.39, 0.29) is 11.8 Å². The first-order chi connectivity index (χ1) is 10.7. The molecule has 0 unspecified atom stereocenters. The molecule has 0 atom stereocenters. The summed E-state index contributed by atoms with van der Waals surface area (Å²) in [6, 6.07) is 10.9. The van der Waals surface area contributed by atoms with Crippen molar-refractivity contribution in [3.63, 3.8) is 0 Å². The molecule has 0 N–H and O–H groups in total. The Balaban J connectivity index is 1.62. The molecule has 1 fully saturated rings. The van der Waals surface area contributed by atoms with Crippen molar-refractivity contribution in [2.24, 2.45) is 0 Å². The molecule has 5 nitrogen and oxygen atoms in total. The fourth-order valence-electron chi connectivity index (χ4n) is 2.65. The molecule has 1 aromatic carbocycles. The highest BCUT2D eigenvalue weighted by atomic mass is 16.3. The maximum absolute atomic E-state index is 12.4. The molecule has 3 rings (SSSR count). The lowest BCUT2D eigenvalue weighted by Crippen LogP contribution is -2.50. The van der Waals surface area contributed by atoms with Crippen LogP contribution >= 0.6 is 0 Å². The molecule has 0 radical (unpaired) electrons. The standard InChI is InChI=1S/C17H18N2O3/c1-13-15(7-12-22-13)17(21)19-10-8-18(9-11-19)16(20)14-5-3-2-4-6-14/h2-7,12H,8-11H2,1H3. The number of amides is 2. The number of hydrogen-bond acceptors (Lipinski definition) is 3. The van der Waals surface area contributed by atoms with E-state index in [0.29, 0.717) is 43.1 Å². The molecule has 114 valence electrons. The van der Waals surface area contributed by atoms with Crippen molar-refractivity contribution in [1.82, 2.24) is 9.80 Å². The molecule has 2 aromatic rings. The third kappa shape index (κ3) is 2.74. The zero-order valence-electron chi connectivity index (χ0n) is 12.5. The molecule has 22 heavy (non-hydrogen) atoms. The first kappa shape index (κ1) is 14.4. The molecule has 1 aromatic heterocycles. The summed E-state index contributed by atoms with van der Waals surface area (Å²) < 4.78 is 5.18. The minimum atomic E-state index is -0.0296. The molecule has 1 aliphatic rings. The number of aryl methyl sites for hydroxylation is 1. The third-order valence-electron chi connectivity index (χ3n) is 3.96. The number of furan rings is 1. The van der Waals surface area contributed by atoms with Gasteiger partial charge in [-0.25, -0.2) is 0 Å². The highest BCUT2D eigenvalue weighted by molar-refractivity contribution is 5.96. The molecule has 2 heterocycles. The van der Waals surface area contributed by atoms with Crippen LogP contribution in [0.5, 0.6) is 0 Å². The van der Waals surface area contributed by atoms with Crippen LogP contribution in [-0.2, 0) is 0 Å². The Morgan fingerprint density at radius 2 is 1.50 bits per heavy atom. The summed E-state index contributed by atoms with van der Waals surface area (Å²) in [5.41, 5.74) is 1.29. The summed E-state index contributed by atoms with van der Waals surface area (Å²) in [6.45, 7) is 3.97. The lowest BCUT2D eigenvalue weighted by atomic mass is 10.1. The lowest BCUT2D eigenvalue weighted by molar-refractivity contribution is 0.0534. The first-order valence-electron chi connectivity index (χ1n) is 7.34. The van der Waals surface area contributed by atoms with E-state index in [9.17, 15) is 9.59 Å². The van der Waals surface area contributed by atoms with Crippen LogP contribution in [0.4, 0.5) is 0 Å². The second kappa shape index (κ2) is 6.05. The Labute approximate surface area is 129 Å². The average molecular weight is 298 g/mol. The Morgan fingerprint density at radius 3 is 2.05 bits per heavy atom. The number of piperazine rings is 1. The molecular formula is C17H18N2O3. The van der Waals surface area contributed by atoms with Gasteiger partial charge in [0.15, 0.2) is 0 Å². The van der Waals surface area contributed by atoms with E-state index < -0.39 is 0 Å². The Bertz CT molecular complexity index is 670. The van der Waals surface area contributed by atoms with E-state index in [1.165, 1.54) is 6.26 Å². The predicted octanol–water partition coefficient (Wildman–Crippen LogP) is 2.19. The summed E-state index contributed by atoms with van der Waals surface area (Å²) in [5.74, 6) is 0.623. The third-order valence-corrected chi connectivity index (χ3v) is 3.96. The summed E-state index contributed by atoms with van der Waals surface area (Å²) in [6.07, 6.45) is 1.53. The van der Waals surface area contributed by atoms with E-state index in [4.69, 9.17) is 4.42 Å². The highest BCUT2D eigenvalue weighted by Gasteiger charge is 2.26. The van der Waals surface area contributed by atoms with Crippen molar-refractivity contribution in [3.8, 4) is 0 Å². The van der Waals surface area contributed by atoms with Crippen molar-refractivity contribution >= 4 is 11.8 Å². The van der Waals surface area contributed by atoms with E-state index >= 15 is 0 Å². The van der Waals surface area contributed by atoms with Crippen molar-refractivity contribution < 1.29 is 14.0 Å². The zero-order chi connectivity index (χ0) is 15.5. The van der Waals surface area contributed by atoms with E-state index in [1.54, 1.807) is 22.8 Å². The van der Waals surface area contributed by atoms with Gasteiger partial charge in [0.25, 0.3) is 11.8 Å². The average Bonchev–Trinajstić information content (AvgIpc) is 3.00. The van der Waals surface area contributed by atoms with Gasteiger partial charge >= 0.3 is 0 Å². The van der Waals surface area contributed by atoms with Crippen molar-refractivity contribution in [2.45, 2.75) is 6.92 Å². The van der Waals surface area contributed by atoms with E-state index in [0.717, 1.165) is 0 Å². The predicted molar refractivity (Wildman–Crippen MR) is 81.7 cm³/mol. The number of nitrogens with zero attached hydrogens (tertiary/aromatic N) is 2. The van der Waals surface area contributed by atoms with Crippen LogP contribution in [0, 0.1) is 6.92 Å². The largest absolute Gasteiger partial charge is 0.469 e. The van der Waals surface area contributed by atoms with Gasteiger partial charge in [-0.1, -0.05) is 18.2 Å². The van der Waals surface area contributed by atoms with Gasteiger partial charge in [0, 0.05) is 31.7 Å². The van der Waals surface area contributed by atoms with E-state index in [1.807, 2.05) is 30.3 Å². The quantitative estimate of drug-likeness (QED) is 0.854. The first-order valence-corrected chi connectivity index (χ1v) is 7.34. The molecule has 0 bridgehead atoms.